The third-order valence-electron chi connectivity index (χ3n) is 4.53. The molecular formula is C17H25NO2. The fraction of sp³-hybridized carbons (Fsp3) is 0.588. The van der Waals surface area contributed by atoms with Crippen molar-refractivity contribution in [3.8, 4) is 0 Å². The molecule has 1 aliphatic rings. The quantitative estimate of drug-likeness (QED) is 0.775. The van der Waals surface area contributed by atoms with Gasteiger partial charge in [-0.3, -0.25) is 4.79 Å². The van der Waals surface area contributed by atoms with E-state index in [0.29, 0.717) is 13.2 Å². The van der Waals surface area contributed by atoms with Crippen molar-refractivity contribution in [2.45, 2.75) is 52.2 Å². The number of ether oxygens (including phenoxy) is 1. The van der Waals surface area contributed by atoms with E-state index in [2.05, 4.69) is 31.3 Å². The molecule has 0 spiro atoms. The minimum absolute atomic E-state index is 0.135. The van der Waals surface area contributed by atoms with Gasteiger partial charge in [-0.05, 0) is 31.2 Å². The molecule has 1 heterocycles. The Bertz CT molecular complexity index is 426. The average Bonchev–Trinajstić information content (AvgIpc) is 2.81. The van der Waals surface area contributed by atoms with Gasteiger partial charge in [0.25, 0.3) is 0 Å². The summed E-state index contributed by atoms with van der Waals surface area (Å²) in [4.78, 5) is 12.1. The molecule has 3 heteroatoms. The summed E-state index contributed by atoms with van der Waals surface area (Å²) in [6.45, 7) is 5.56. The van der Waals surface area contributed by atoms with Crippen LogP contribution in [-0.2, 0) is 16.1 Å². The third kappa shape index (κ3) is 3.40. The van der Waals surface area contributed by atoms with E-state index in [1.165, 1.54) is 5.56 Å². The maximum Gasteiger partial charge on any atom is 0.226 e. The van der Waals surface area contributed by atoms with Gasteiger partial charge in [0, 0.05) is 12.6 Å². The SMILES string of the molecule is CCC1(CC)C[C@H](CCOCc2ccccc2)NC1=O. The fourth-order valence-corrected chi connectivity index (χ4v) is 2.98. The van der Waals surface area contributed by atoms with Gasteiger partial charge >= 0.3 is 0 Å². The van der Waals surface area contributed by atoms with Crippen molar-refractivity contribution >= 4 is 5.91 Å². The second-order valence-electron chi connectivity index (χ2n) is 5.69. The predicted molar refractivity (Wildman–Crippen MR) is 80.3 cm³/mol. The van der Waals surface area contributed by atoms with E-state index in [1.54, 1.807) is 0 Å². The Morgan fingerprint density at radius 2 is 1.95 bits per heavy atom. The van der Waals surface area contributed by atoms with Crippen LogP contribution >= 0.6 is 0 Å². The summed E-state index contributed by atoms with van der Waals surface area (Å²) in [5, 5.41) is 3.13. The summed E-state index contributed by atoms with van der Waals surface area (Å²) in [5.74, 6) is 0.232. The Balaban J connectivity index is 1.72. The molecule has 1 fully saturated rings. The zero-order chi connectivity index (χ0) is 14.4. The number of hydrogen-bond acceptors (Lipinski definition) is 2. The zero-order valence-electron chi connectivity index (χ0n) is 12.5. The van der Waals surface area contributed by atoms with Crippen LogP contribution in [0.5, 0.6) is 0 Å². The first-order valence-electron chi connectivity index (χ1n) is 7.63. The van der Waals surface area contributed by atoms with Crippen molar-refractivity contribution in [2.75, 3.05) is 6.61 Å². The summed E-state index contributed by atoms with van der Waals surface area (Å²) in [7, 11) is 0. The topological polar surface area (TPSA) is 38.3 Å². The van der Waals surface area contributed by atoms with Gasteiger partial charge in [-0.1, -0.05) is 44.2 Å². The van der Waals surface area contributed by atoms with Crippen LogP contribution in [0.1, 0.15) is 45.1 Å². The van der Waals surface area contributed by atoms with Crippen LogP contribution in [-0.4, -0.2) is 18.6 Å². The van der Waals surface area contributed by atoms with Gasteiger partial charge < -0.3 is 10.1 Å². The average molecular weight is 275 g/mol. The summed E-state index contributed by atoms with van der Waals surface area (Å²) < 4.78 is 5.70. The van der Waals surface area contributed by atoms with Crippen LogP contribution in [0.15, 0.2) is 30.3 Å². The molecule has 20 heavy (non-hydrogen) atoms. The summed E-state index contributed by atoms with van der Waals surface area (Å²) in [5.41, 5.74) is 1.06. The lowest BCUT2D eigenvalue weighted by Crippen LogP contribution is -2.31. The standard InChI is InChI=1S/C17H25NO2/c1-3-17(4-2)12-15(18-16(17)19)10-11-20-13-14-8-6-5-7-9-14/h5-9,15H,3-4,10-13H2,1-2H3,(H,18,19)/t15-/m0/s1. The molecule has 2 rings (SSSR count). The lowest BCUT2D eigenvalue weighted by Gasteiger charge is -2.22. The second kappa shape index (κ2) is 6.89. The van der Waals surface area contributed by atoms with E-state index in [0.717, 1.165) is 25.7 Å². The molecule has 0 radical (unpaired) electrons. The van der Waals surface area contributed by atoms with Gasteiger partial charge in [-0.25, -0.2) is 0 Å². The highest BCUT2D eigenvalue weighted by atomic mass is 16.5. The van der Waals surface area contributed by atoms with E-state index in [1.807, 2.05) is 18.2 Å². The van der Waals surface area contributed by atoms with Gasteiger partial charge in [-0.2, -0.15) is 0 Å². The van der Waals surface area contributed by atoms with Crippen LogP contribution in [0, 0.1) is 5.41 Å². The smallest absolute Gasteiger partial charge is 0.226 e. The molecule has 0 bridgehead atoms. The molecule has 0 saturated carbocycles. The first kappa shape index (κ1) is 15.0. The molecular weight excluding hydrogens is 250 g/mol. The first-order chi connectivity index (χ1) is 9.70. The lowest BCUT2D eigenvalue weighted by atomic mass is 9.79. The monoisotopic (exact) mass is 275 g/mol. The van der Waals surface area contributed by atoms with Crippen molar-refractivity contribution < 1.29 is 9.53 Å². The van der Waals surface area contributed by atoms with E-state index < -0.39 is 0 Å². The Hall–Kier alpha value is -1.35. The van der Waals surface area contributed by atoms with Crippen LogP contribution in [0.2, 0.25) is 0 Å². The van der Waals surface area contributed by atoms with Gasteiger partial charge in [0.1, 0.15) is 0 Å². The number of hydrogen-bond donors (Lipinski definition) is 1. The largest absolute Gasteiger partial charge is 0.377 e. The van der Waals surface area contributed by atoms with Crippen molar-refractivity contribution in [2.24, 2.45) is 5.41 Å². The zero-order valence-corrected chi connectivity index (χ0v) is 12.5. The molecule has 0 aliphatic carbocycles. The number of benzene rings is 1. The molecule has 1 N–H and O–H groups in total. The second-order valence-corrected chi connectivity index (χ2v) is 5.69. The van der Waals surface area contributed by atoms with Crippen molar-refractivity contribution in [1.29, 1.82) is 0 Å². The molecule has 3 nitrogen and oxygen atoms in total. The van der Waals surface area contributed by atoms with Crippen molar-refractivity contribution in [1.82, 2.24) is 5.32 Å². The first-order valence-corrected chi connectivity index (χ1v) is 7.63. The van der Waals surface area contributed by atoms with Crippen molar-refractivity contribution in [3.63, 3.8) is 0 Å². The normalized spacial score (nSPS) is 20.9. The van der Waals surface area contributed by atoms with Crippen molar-refractivity contribution in [3.05, 3.63) is 35.9 Å². The molecule has 0 aromatic heterocycles. The van der Waals surface area contributed by atoms with Crippen LogP contribution in [0.4, 0.5) is 0 Å². The number of amides is 1. The maximum atomic E-state index is 12.1. The Labute approximate surface area is 121 Å². The lowest BCUT2D eigenvalue weighted by molar-refractivity contribution is -0.128. The van der Waals surface area contributed by atoms with E-state index in [-0.39, 0.29) is 17.4 Å². The van der Waals surface area contributed by atoms with Crippen LogP contribution < -0.4 is 5.32 Å². The minimum Gasteiger partial charge on any atom is -0.377 e. The van der Waals surface area contributed by atoms with Gasteiger partial charge in [-0.15, -0.1) is 0 Å². The molecule has 1 aromatic carbocycles. The molecule has 1 atom stereocenters. The predicted octanol–water partition coefficient (Wildman–Crippen LogP) is 3.29. The Morgan fingerprint density at radius 3 is 2.55 bits per heavy atom. The number of carbonyl (C=O) groups excluding carboxylic acids is 1. The molecule has 1 aliphatic heterocycles. The number of carbonyl (C=O) groups is 1. The highest BCUT2D eigenvalue weighted by Crippen LogP contribution is 2.37. The van der Waals surface area contributed by atoms with Gasteiger partial charge in [0.05, 0.1) is 12.0 Å². The van der Waals surface area contributed by atoms with E-state index in [9.17, 15) is 4.79 Å². The Morgan fingerprint density at radius 1 is 1.25 bits per heavy atom. The van der Waals surface area contributed by atoms with Gasteiger partial charge in [0.2, 0.25) is 5.91 Å². The molecule has 110 valence electrons. The summed E-state index contributed by atoms with van der Waals surface area (Å²) >= 11 is 0. The summed E-state index contributed by atoms with van der Waals surface area (Å²) in [6.07, 6.45) is 3.71. The number of nitrogens with one attached hydrogen (secondary N) is 1. The molecule has 1 amide bonds. The maximum absolute atomic E-state index is 12.1. The molecule has 0 unspecified atom stereocenters. The minimum atomic E-state index is -0.135. The van der Waals surface area contributed by atoms with Crippen LogP contribution in [0.3, 0.4) is 0 Å². The van der Waals surface area contributed by atoms with E-state index >= 15 is 0 Å². The summed E-state index contributed by atoms with van der Waals surface area (Å²) in [6, 6.07) is 10.5. The number of rotatable bonds is 7. The Kier molecular flexibility index (Phi) is 5.18. The third-order valence-corrected chi connectivity index (χ3v) is 4.53. The molecule has 1 aromatic rings. The highest BCUT2D eigenvalue weighted by molar-refractivity contribution is 5.85. The fourth-order valence-electron chi connectivity index (χ4n) is 2.98. The van der Waals surface area contributed by atoms with Crippen LogP contribution in [0.25, 0.3) is 0 Å². The molecule has 1 saturated heterocycles. The highest BCUT2D eigenvalue weighted by Gasteiger charge is 2.43. The van der Waals surface area contributed by atoms with Gasteiger partial charge in [0.15, 0.2) is 0 Å². The van der Waals surface area contributed by atoms with E-state index in [4.69, 9.17) is 4.74 Å².